The van der Waals surface area contributed by atoms with Gasteiger partial charge >= 0.3 is 0 Å². The van der Waals surface area contributed by atoms with Crippen LogP contribution >= 0.6 is 0 Å². The van der Waals surface area contributed by atoms with Gasteiger partial charge in [-0.05, 0) is 19.4 Å². The summed E-state index contributed by atoms with van der Waals surface area (Å²) in [4.78, 5) is 1.83. The highest BCUT2D eigenvalue weighted by molar-refractivity contribution is 5.74. The molecule has 11 heavy (non-hydrogen) atoms. The van der Waals surface area contributed by atoms with Gasteiger partial charge in [-0.1, -0.05) is 0 Å². The highest BCUT2D eigenvalue weighted by Crippen LogP contribution is 2.06. The molecule has 0 saturated carbocycles. The first-order valence-corrected chi connectivity index (χ1v) is 3.99. The second kappa shape index (κ2) is 3.57. The van der Waals surface area contributed by atoms with Crippen LogP contribution in [-0.2, 0) is 0 Å². The van der Waals surface area contributed by atoms with Crippen molar-refractivity contribution in [2.24, 2.45) is 5.73 Å². The van der Waals surface area contributed by atoms with Crippen LogP contribution < -0.4 is 11.1 Å². The van der Waals surface area contributed by atoms with Crippen molar-refractivity contribution in [3.8, 4) is 0 Å². The lowest BCUT2D eigenvalue weighted by Gasteiger charge is -2.31. The molecule has 0 aromatic rings. The Morgan fingerprint density at radius 3 is 2.91 bits per heavy atom. The molecule has 64 valence electrons. The van der Waals surface area contributed by atoms with Gasteiger partial charge in [-0.15, -0.1) is 0 Å². The fourth-order valence-corrected chi connectivity index (χ4v) is 1.36. The van der Waals surface area contributed by atoms with Gasteiger partial charge in [0.1, 0.15) is 0 Å². The number of nitrogens with two attached hydrogens (primary N) is 1. The summed E-state index contributed by atoms with van der Waals surface area (Å²) < 4.78 is 0. The van der Waals surface area contributed by atoms with Crippen molar-refractivity contribution in [3.05, 3.63) is 0 Å². The number of hydrogen-bond donors (Lipinski definition) is 3. The van der Waals surface area contributed by atoms with Crippen molar-refractivity contribution in [2.75, 3.05) is 20.1 Å². The van der Waals surface area contributed by atoms with Crippen molar-refractivity contribution in [1.29, 1.82) is 5.41 Å². The minimum atomic E-state index is 0.165. The smallest absolute Gasteiger partial charge is 0.188 e. The fourth-order valence-electron chi connectivity index (χ4n) is 1.36. The molecule has 0 aromatic carbocycles. The maximum Gasteiger partial charge on any atom is 0.188 e. The van der Waals surface area contributed by atoms with Crippen molar-refractivity contribution in [1.82, 2.24) is 10.2 Å². The normalized spacial score (nSPS) is 24.6. The molecule has 1 aliphatic rings. The van der Waals surface area contributed by atoms with E-state index in [2.05, 4.69) is 5.32 Å². The van der Waals surface area contributed by atoms with E-state index in [9.17, 15) is 0 Å². The van der Waals surface area contributed by atoms with Gasteiger partial charge in [0.05, 0.1) is 0 Å². The maximum atomic E-state index is 7.21. The van der Waals surface area contributed by atoms with E-state index in [0.29, 0.717) is 6.04 Å². The molecular weight excluding hydrogens is 140 g/mol. The Hall–Kier alpha value is -0.770. The molecule has 0 spiro atoms. The van der Waals surface area contributed by atoms with Gasteiger partial charge in [-0.25, -0.2) is 0 Å². The number of rotatable bonds is 1. The van der Waals surface area contributed by atoms with Gasteiger partial charge in [-0.3, -0.25) is 5.41 Å². The number of likely N-dealkylation sites (N-methyl/N-ethyl adjacent to an activating group) is 1. The molecule has 0 radical (unpaired) electrons. The molecule has 1 fully saturated rings. The average Bonchev–Trinajstić information content (AvgIpc) is 2.05. The van der Waals surface area contributed by atoms with Crippen LogP contribution in [0.25, 0.3) is 0 Å². The van der Waals surface area contributed by atoms with Gasteiger partial charge in [0, 0.05) is 19.6 Å². The maximum absolute atomic E-state index is 7.21. The third kappa shape index (κ3) is 2.08. The zero-order chi connectivity index (χ0) is 8.27. The van der Waals surface area contributed by atoms with E-state index in [0.717, 1.165) is 19.5 Å². The lowest BCUT2D eigenvalue weighted by molar-refractivity contribution is 0.290. The second-order valence-corrected chi connectivity index (χ2v) is 3.00. The molecule has 1 heterocycles. The first-order valence-electron chi connectivity index (χ1n) is 3.99. The highest BCUT2D eigenvalue weighted by atomic mass is 15.2. The molecular formula is C7H16N4. The Morgan fingerprint density at radius 1 is 1.73 bits per heavy atom. The van der Waals surface area contributed by atoms with Gasteiger partial charge in [-0.2, -0.15) is 0 Å². The van der Waals surface area contributed by atoms with Gasteiger partial charge in [0.2, 0.25) is 0 Å². The van der Waals surface area contributed by atoms with Crippen molar-refractivity contribution in [2.45, 2.75) is 18.9 Å². The first-order chi connectivity index (χ1) is 5.22. The van der Waals surface area contributed by atoms with Crippen LogP contribution in [0.4, 0.5) is 0 Å². The largest absolute Gasteiger partial charge is 0.370 e. The number of hydrogen-bond acceptors (Lipinski definition) is 2. The van der Waals surface area contributed by atoms with Crippen LogP contribution in [0.5, 0.6) is 0 Å². The van der Waals surface area contributed by atoms with Crippen LogP contribution in [0.2, 0.25) is 0 Å². The Morgan fingerprint density at radius 2 is 2.45 bits per heavy atom. The molecule has 0 bridgehead atoms. The zero-order valence-electron chi connectivity index (χ0n) is 6.93. The Balaban J connectivity index is 2.38. The third-order valence-electron chi connectivity index (χ3n) is 2.20. The third-order valence-corrected chi connectivity index (χ3v) is 2.20. The minimum absolute atomic E-state index is 0.165. The minimum Gasteiger partial charge on any atom is -0.370 e. The summed E-state index contributed by atoms with van der Waals surface area (Å²) in [5, 5.41) is 10.5. The second-order valence-electron chi connectivity index (χ2n) is 3.00. The molecule has 1 saturated heterocycles. The summed E-state index contributed by atoms with van der Waals surface area (Å²) in [7, 11) is 1.88. The van der Waals surface area contributed by atoms with E-state index >= 15 is 0 Å². The standard InChI is InChI=1S/C7H16N4/c1-11(7(8)9)6-3-2-4-10-5-6/h6,10H,2-5H2,1H3,(H3,8,9). The summed E-state index contributed by atoms with van der Waals surface area (Å²) >= 11 is 0. The van der Waals surface area contributed by atoms with Crippen molar-refractivity contribution >= 4 is 5.96 Å². The molecule has 0 aromatic heterocycles. The summed E-state index contributed by atoms with van der Waals surface area (Å²) in [6.07, 6.45) is 2.32. The molecule has 4 heteroatoms. The van der Waals surface area contributed by atoms with Crippen LogP contribution in [0.15, 0.2) is 0 Å². The SMILES string of the molecule is CN(C(=N)N)C1CCCNC1. The highest BCUT2D eigenvalue weighted by Gasteiger charge is 2.17. The molecule has 1 rings (SSSR count). The Bertz CT molecular complexity index is 139. The summed E-state index contributed by atoms with van der Waals surface area (Å²) in [6.45, 7) is 2.05. The lowest BCUT2D eigenvalue weighted by Crippen LogP contribution is -2.48. The number of nitrogens with zero attached hydrogens (tertiary/aromatic N) is 1. The van der Waals surface area contributed by atoms with E-state index in [1.54, 1.807) is 0 Å². The van der Waals surface area contributed by atoms with Crippen LogP contribution in [0, 0.1) is 5.41 Å². The van der Waals surface area contributed by atoms with Gasteiger partial charge in [0.15, 0.2) is 5.96 Å². The average molecular weight is 156 g/mol. The fraction of sp³-hybridized carbons (Fsp3) is 0.857. The van der Waals surface area contributed by atoms with Crippen molar-refractivity contribution in [3.63, 3.8) is 0 Å². The van der Waals surface area contributed by atoms with E-state index in [1.165, 1.54) is 6.42 Å². The number of nitrogens with one attached hydrogen (secondary N) is 2. The Kier molecular flexibility index (Phi) is 2.70. The van der Waals surface area contributed by atoms with E-state index in [4.69, 9.17) is 11.1 Å². The molecule has 4 nitrogen and oxygen atoms in total. The lowest BCUT2D eigenvalue weighted by atomic mass is 10.1. The van der Waals surface area contributed by atoms with Crippen molar-refractivity contribution < 1.29 is 0 Å². The summed E-state index contributed by atoms with van der Waals surface area (Å²) in [6, 6.07) is 0.418. The number of guanidine groups is 1. The van der Waals surface area contributed by atoms with Crippen LogP contribution in [-0.4, -0.2) is 37.0 Å². The predicted octanol–water partition coefficient (Wildman–Crippen LogP) is -0.436. The van der Waals surface area contributed by atoms with E-state index < -0.39 is 0 Å². The molecule has 1 aliphatic heterocycles. The Labute approximate surface area is 67.3 Å². The summed E-state index contributed by atoms with van der Waals surface area (Å²) in [5.74, 6) is 0.165. The summed E-state index contributed by atoms with van der Waals surface area (Å²) in [5.41, 5.74) is 5.35. The van der Waals surface area contributed by atoms with E-state index in [1.807, 2.05) is 11.9 Å². The quantitative estimate of drug-likeness (QED) is 0.356. The monoisotopic (exact) mass is 156 g/mol. The molecule has 1 atom stereocenters. The molecule has 4 N–H and O–H groups in total. The molecule has 0 amide bonds. The number of piperidine rings is 1. The van der Waals surface area contributed by atoms with E-state index in [-0.39, 0.29) is 5.96 Å². The van der Waals surface area contributed by atoms with Crippen LogP contribution in [0.3, 0.4) is 0 Å². The first kappa shape index (κ1) is 8.33. The molecule has 1 unspecified atom stereocenters. The van der Waals surface area contributed by atoms with Gasteiger partial charge in [0.25, 0.3) is 0 Å². The van der Waals surface area contributed by atoms with Crippen LogP contribution in [0.1, 0.15) is 12.8 Å². The zero-order valence-corrected chi connectivity index (χ0v) is 6.93. The predicted molar refractivity (Wildman–Crippen MR) is 45.6 cm³/mol. The topological polar surface area (TPSA) is 65.1 Å². The molecule has 0 aliphatic carbocycles. The van der Waals surface area contributed by atoms with Gasteiger partial charge < -0.3 is 16.0 Å².